The molecule has 0 fully saturated rings. The largest absolute Gasteiger partial charge is 0.345 e. The van der Waals surface area contributed by atoms with Crippen LogP contribution in [0.25, 0.3) is 0 Å². The molecule has 88 valence electrons. The molecular weight excluding hydrogens is 252 g/mol. The van der Waals surface area contributed by atoms with Crippen molar-refractivity contribution >= 4 is 33.8 Å². The lowest BCUT2D eigenvalue weighted by molar-refractivity contribution is -0.132. The zero-order valence-electron chi connectivity index (χ0n) is 8.06. The van der Waals surface area contributed by atoms with Gasteiger partial charge in [-0.3, -0.25) is 19.2 Å². The second kappa shape index (κ2) is 3.35. The Kier molecular flexibility index (Phi) is 2.21. The van der Waals surface area contributed by atoms with E-state index in [-0.39, 0.29) is 8.61 Å². The molecule has 17 heavy (non-hydrogen) atoms. The van der Waals surface area contributed by atoms with Crippen molar-refractivity contribution in [3.05, 3.63) is 24.3 Å². The quantitative estimate of drug-likeness (QED) is 0.533. The molecule has 0 aromatic rings. The van der Waals surface area contributed by atoms with E-state index < -0.39 is 33.8 Å². The highest BCUT2D eigenvalue weighted by Gasteiger charge is 2.45. The Morgan fingerprint density at radius 3 is 1.12 bits per heavy atom. The maximum absolute atomic E-state index is 11.8. The summed E-state index contributed by atoms with van der Waals surface area (Å²) in [6, 6.07) is 0. The summed E-state index contributed by atoms with van der Waals surface area (Å²) in [5.41, 5.74) is 0. The molecule has 0 aromatic carbocycles. The second-order valence-electron chi connectivity index (χ2n) is 3.06. The topological polar surface area (TPSA) is 109 Å². The van der Waals surface area contributed by atoms with Crippen LogP contribution in [0.2, 0.25) is 0 Å². The fraction of sp³-hybridized carbons (Fsp3) is 0. The molecule has 0 N–H and O–H groups in total. The van der Waals surface area contributed by atoms with E-state index in [1.807, 2.05) is 0 Å². The zero-order chi connectivity index (χ0) is 12.8. The minimum Gasteiger partial charge on any atom is -0.268 e. The number of nitrogens with zero attached hydrogens (tertiary/aromatic N) is 2. The van der Waals surface area contributed by atoms with E-state index in [0.29, 0.717) is 0 Å². The highest BCUT2D eigenvalue weighted by molar-refractivity contribution is 7.89. The van der Waals surface area contributed by atoms with E-state index in [0.717, 1.165) is 24.3 Å². The maximum atomic E-state index is 11.8. The number of rotatable bonds is 2. The monoisotopic (exact) mass is 256 g/mol. The number of imide groups is 2. The molecule has 0 aliphatic carbocycles. The lowest BCUT2D eigenvalue weighted by atomic mass is 10.6. The number of hydrogen-bond acceptors (Lipinski definition) is 6. The van der Waals surface area contributed by atoms with Crippen LogP contribution in [0.4, 0.5) is 0 Å². The first kappa shape index (κ1) is 11.2. The minimum absolute atomic E-state index is 0.143. The predicted molar refractivity (Wildman–Crippen MR) is 50.9 cm³/mol. The summed E-state index contributed by atoms with van der Waals surface area (Å²) in [5.74, 6) is -4.49. The molecule has 0 saturated heterocycles. The Labute approximate surface area is 95.0 Å². The molecule has 0 saturated carbocycles. The van der Waals surface area contributed by atoms with Crippen LogP contribution in [-0.4, -0.2) is 40.7 Å². The summed E-state index contributed by atoms with van der Waals surface area (Å²) in [4.78, 5) is 44.7. The molecule has 2 aliphatic rings. The Morgan fingerprint density at radius 1 is 0.647 bits per heavy atom. The van der Waals surface area contributed by atoms with Crippen molar-refractivity contribution < 1.29 is 27.6 Å². The van der Waals surface area contributed by atoms with Gasteiger partial charge in [-0.05, 0) is 0 Å². The fourth-order valence-corrected chi connectivity index (χ4v) is 2.63. The van der Waals surface area contributed by atoms with Crippen molar-refractivity contribution in [2.75, 3.05) is 0 Å². The van der Waals surface area contributed by atoms with Gasteiger partial charge in [0, 0.05) is 24.3 Å². The third-order valence-electron chi connectivity index (χ3n) is 2.00. The van der Waals surface area contributed by atoms with Crippen molar-refractivity contribution in [2.24, 2.45) is 0 Å². The van der Waals surface area contributed by atoms with Crippen LogP contribution in [0.3, 0.4) is 0 Å². The summed E-state index contributed by atoms with van der Waals surface area (Å²) >= 11 is 0. The average Bonchev–Trinajstić information content (AvgIpc) is 2.71. The maximum Gasteiger partial charge on any atom is 0.345 e. The molecule has 2 heterocycles. The van der Waals surface area contributed by atoms with Gasteiger partial charge in [-0.1, -0.05) is 0 Å². The Bertz CT molecular complexity index is 530. The van der Waals surface area contributed by atoms with Crippen molar-refractivity contribution in [3.8, 4) is 0 Å². The Hall–Kier alpha value is -2.29. The summed E-state index contributed by atoms with van der Waals surface area (Å²) in [6.07, 6.45) is 2.94. The van der Waals surface area contributed by atoms with Gasteiger partial charge >= 0.3 is 10.2 Å². The van der Waals surface area contributed by atoms with Crippen LogP contribution in [0.5, 0.6) is 0 Å². The number of carbonyl (C=O) groups is 4. The molecule has 9 heteroatoms. The van der Waals surface area contributed by atoms with Crippen LogP contribution >= 0.6 is 0 Å². The van der Waals surface area contributed by atoms with Crippen LogP contribution in [0.15, 0.2) is 24.3 Å². The first-order chi connectivity index (χ1) is 7.85. The van der Waals surface area contributed by atoms with Crippen LogP contribution in [0.1, 0.15) is 0 Å². The van der Waals surface area contributed by atoms with Gasteiger partial charge in [-0.2, -0.15) is 8.42 Å². The third-order valence-corrected chi connectivity index (χ3v) is 3.64. The van der Waals surface area contributed by atoms with E-state index >= 15 is 0 Å². The minimum atomic E-state index is -4.79. The Morgan fingerprint density at radius 2 is 0.882 bits per heavy atom. The standard InChI is InChI=1S/C8H4N2O6S/c11-5-1-2-6(12)9(5)17(15,16)10-7(13)3-4-8(10)14/h1-4H. The highest BCUT2D eigenvalue weighted by Crippen LogP contribution is 2.18. The van der Waals surface area contributed by atoms with E-state index in [1.165, 1.54) is 0 Å². The summed E-state index contributed by atoms with van der Waals surface area (Å²) < 4.78 is 23.2. The smallest absolute Gasteiger partial charge is 0.268 e. The molecule has 0 bridgehead atoms. The number of carbonyl (C=O) groups excluding carboxylic acids is 4. The lowest BCUT2D eigenvalue weighted by Crippen LogP contribution is -2.49. The molecule has 8 nitrogen and oxygen atoms in total. The summed E-state index contributed by atoms with van der Waals surface area (Å²) in [5, 5.41) is 0. The first-order valence-electron chi connectivity index (χ1n) is 4.23. The van der Waals surface area contributed by atoms with Gasteiger partial charge in [0.1, 0.15) is 0 Å². The molecule has 4 amide bonds. The lowest BCUT2D eigenvalue weighted by Gasteiger charge is -2.20. The van der Waals surface area contributed by atoms with Gasteiger partial charge in [0.15, 0.2) is 0 Å². The summed E-state index contributed by atoms with van der Waals surface area (Å²) in [7, 11) is -4.79. The zero-order valence-corrected chi connectivity index (χ0v) is 8.88. The molecule has 2 rings (SSSR count). The van der Waals surface area contributed by atoms with Crippen molar-refractivity contribution in [2.45, 2.75) is 0 Å². The fourth-order valence-electron chi connectivity index (χ4n) is 1.31. The SMILES string of the molecule is O=C1C=CC(=O)N1S(=O)(=O)N1C(=O)C=CC1=O. The molecule has 0 radical (unpaired) electrons. The number of hydrogen-bond donors (Lipinski definition) is 0. The highest BCUT2D eigenvalue weighted by atomic mass is 32.2. The first-order valence-corrected chi connectivity index (χ1v) is 5.63. The van der Waals surface area contributed by atoms with Crippen molar-refractivity contribution in [1.82, 2.24) is 8.61 Å². The van der Waals surface area contributed by atoms with E-state index in [9.17, 15) is 27.6 Å². The van der Waals surface area contributed by atoms with E-state index in [4.69, 9.17) is 0 Å². The predicted octanol–water partition coefficient (Wildman–Crippen LogP) is -1.92. The van der Waals surface area contributed by atoms with Crippen LogP contribution in [0, 0.1) is 0 Å². The van der Waals surface area contributed by atoms with Gasteiger partial charge in [0.25, 0.3) is 23.6 Å². The normalized spacial score (nSPS) is 20.0. The second-order valence-corrected chi connectivity index (χ2v) is 4.68. The van der Waals surface area contributed by atoms with Gasteiger partial charge in [-0.25, -0.2) is 0 Å². The van der Waals surface area contributed by atoms with Crippen molar-refractivity contribution in [1.29, 1.82) is 0 Å². The Balaban J connectivity index is 2.45. The van der Waals surface area contributed by atoms with Crippen LogP contribution in [-0.2, 0) is 29.4 Å². The molecule has 0 unspecified atom stereocenters. The molecule has 0 atom stereocenters. The van der Waals surface area contributed by atoms with Gasteiger partial charge < -0.3 is 0 Å². The van der Waals surface area contributed by atoms with Gasteiger partial charge in [0.05, 0.1) is 0 Å². The summed E-state index contributed by atoms with van der Waals surface area (Å²) in [6.45, 7) is 0. The van der Waals surface area contributed by atoms with E-state index in [2.05, 4.69) is 0 Å². The number of amides is 4. The average molecular weight is 256 g/mol. The van der Waals surface area contributed by atoms with E-state index in [1.54, 1.807) is 0 Å². The van der Waals surface area contributed by atoms with Crippen LogP contribution < -0.4 is 0 Å². The van der Waals surface area contributed by atoms with Crippen molar-refractivity contribution in [3.63, 3.8) is 0 Å². The molecule has 0 spiro atoms. The third kappa shape index (κ3) is 1.47. The molecule has 0 aromatic heterocycles. The molecule has 2 aliphatic heterocycles. The van der Waals surface area contributed by atoms with Gasteiger partial charge in [0.2, 0.25) is 0 Å². The van der Waals surface area contributed by atoms with Gasteiger partial charge in [-0.15, -0.1) is 8.61 Å². The molecular formula is C8H4N2O6S.